The molecule has 0 aliphatic heterocycles. The average molecular weight is 319 g/mol. The Morgan fingerprint density at radius 1 is 1.22 bits per heavy atom. The van der Waals surface area contributed by atoms with Crippen LogP contribution in [0.1, 0.15) is 33.3 Å². The van der Waals surface area contributed by atoms with Crippen LogP contribution in [-0.2, 0) is 9.53 Å². The van der Waals surface area contributed by atoms with Gasteiger partial charge in [-0.3, -0.25) is 4.79 Å². The SMILES string of the molecule is Cc1cc(=O)oc(C)c1C(=O)O[C@@H](C(N)=O)c1ccc(F)cc1. The van der Waals surface area contributed by atoms with Gasteiger partial charge in [-0.25, -0.2) is 14.0 Å². The second-order valence-corrected chi connectivity index (χ2v) is 4.92. The van der Waals surface area contributed by atoms with E-state index < -0.39 is 29.4 Å². The van der Waals surface area contributed by atoms with Gasteiger partial charge in [0.1, 0.15) is 17.1 Å². The van der Waals surface area contributed by atoms with E-state index in [9.17, 15) is 18.8 Å². The largest absolute Gasteiger partial charge is 0.444 e. The van der Waals surface area contributed by atoms with Gasteiger partial charge in [-0.1, -0.05) is 12.1 Å². The van der Waals surface area contributed by atoms with Gasteiger partial charge in [-0.15, -0.1) is 0 Å². The second-order valence-electron chi connectivity index (χ2n) is 4.92. The number of benzene rings is 1. The van der Waals surface area contributed by atoms with Crippen molar-refractivity contribution in [2.45, 2.75) is 20.0 Å². The molecule has 0 unspecified atom stereocenters. The normalized spacial score (nSPS) is 11.8. The number of halogens is 1. The number of nitrogens with two attached hydrogens (primary N) is 1. The first-order valence-electron chi connectivity index (χ1n) is 6.66. The molecule has 2 N–H and O–H groups in total. The predicted octanol–water partition coefficient (Wildman–Crippen LogP) is 1.78. The molecule has 0 fully saturated rings. The molecular weight excluding hydrogens is 305 g/mol. The molecule has 0 radical (unpaired) electrons. The summed E-state index contributed by atoms with van der Waals surface area (Å²) in [6, 6.07) is 5.97. The molecule has 2 rings (SSSR count). The standard InChI is InChI=1S/C16H14FNO5/c1-8-7-12(19)22-9(2)13(8)16(21)23-14(15(18)20)10-3-5-11(17)6-4-10/h3-7,14H,1-2H3,(H2,18,20)/t14-/m1/s1. The lowest BCUT2D eigenvalue weighted by atomic mass is 10.1. The highest BCUT2D eigenvalue weighted by atomic mass is 19.1. The second kappa shape index (κ2) is 6.43. The molecule has 1 heterocycles. The van der Waals surface area contributed by atoms with Gasteiger partial charge in [0, 0.05) is 11.6 Å². The predicted molar refractivity (Wildman–Crippen MR) is 78.2 cm³/mol. The summed E-state index contributed by atoms with van der Waals surface area (Å²) in [4.78, 5) is 35.1. The zero-order valence-corrected chi connectivity index (χ0v) is 12.5. The zero-order valence-electron chi connectivity index (χ0n) is 12.5. The van der Waals surface area contributed by atoms with Gasteiger partial charge >= 0.3 is 11.6 Å². The van der Waals surface area contributed by atoms with Crippen LogP contribution in [0.15, 0.2) is 39.5 Å². The highest BCUT2D eigenvalue weighted by Crippen LogP contribution is 2.21. The Hall–Kier alpha value is -2.96. The molecule has 6 nitrogen and oxygen atoms in total. The summed E-state index contributed by atoms with van der Waals surface area (Å²) in [5, 5.41) is 0. The highest BCUT2D eigenvalue weighted by Gasteiger charge is 2.26. The maximum absolute atomic E-state index is 13.0. The van der Waals surface area contributed by atoms with Crippen molar-refractivity contribution in [1.29, 1.82) is 0 Å². The molecule has 0 spiro atoms. The average Bonchev–Trinajstić information content (AvgIpc) is 2.44. The van der Waals surface area contributed by atoms with Crippen molar-refractivity contribution in [3.05, 3.63) is 69.0 Å². The summed E-state index contributed by atoms with van der Waals surface area (Å²) in [6.45, 7) is 2.97. The van der Waals surface area contributed by atoms with Gasteiger partial charge in [0.25, 0.3) is 5.91 Å². The van der Waals surface area contributed by atoms with Crippen LogP contribution >= 0.6 is 0 Å². The first-order valence-corrected chi connectivity index (χ1v) is 6.66. The lowest BCUT2D eigenvalue weighted by Crippen LogP contribution is -2.27. The van der Waals surface area contributed by atoms with E-state index in [-0.39, 0.29) is 16.9 Å². The van der Waals surface area contributed by atoms with Gasteiger partial charge in [-0.05, 0) is 31.5 Å². The summed E-state index contributed by atoms with van der Waals surface area (Å²) in [7, 11) is 0. The van der Waals surface area contributed by atoms with E-state index in [1.165, 1.54) is 26.0 Å². The van der Waals surface area contributed by atoms with Crippen LogP contribution in [0.5, 0.6) is 0 Å². The van der Waals surface area contributed by atoms with Crippen LogP contribution in [0, 0.1) is 19.7 Å². The monoisotopic (exact) mass is 319 g/mol. The Kier molecular flexibility index (Phi) is 4.59. The minimum absolute atomic E-state index is 0.0398. The number of primary amides is 1. The number of ether oxygens (including phenoxy) is 1. The number of hydrogen-bond acceptors (Lipinski definition) is 5. The minimum Gasteiger partial charge on any atom is -0.444 e. The van der Waals surface area contributed by atoms with Crippen molar-refractivity contribution in [2.24, 2.45) is 5.73 Å². The molecule has 0 bridgehead atoms. The van der Waals surface area contributed by atoms with E-state index >= 15 is 0 Å². The zero-order chi connectivity index (χ0) is 17.1. The molecule has 2 aromatic rings. The lowest BCUT2D eigenvalue weighted by molar-refractivity contribution is -0.127. The van der Waals surface area contributed by atoms with E-state index in [0.29, 0.717) is 5.56 Å². The van der Waals surface area contributed by atoms with Crippen molar-refractivity contribution in [2.75, 3.05) is 0 Å². The summed E-state index contributed by atoms with van der Waals surface area (Å²) in [6.07, 6.45) is -1.38. The third-order valence-corrected chi connectivity index (χ3v) is 3.19. The van der Waals surface area contributed by atoms with Gasteiger partial charge < -0.3 is 14.9 Å². The van der Waals surface area contributed by atoms with Gasteiger partial charge in [-0.2, -0.15) is 0 Å². The first kappa shape index (κ1) is 16.4. The van der Waals surface area contributed by atoms with Crippen LogP contribution in [0.2, 0.25) is 0 Å². The first-order chi connectivity index (χ1) is 10.8. The van der Waals surface area contributed by atoms with Gasteiger partial charge in [0.2, 0.25) is 6.10 Å². The maximum atomic E-state index is 13.0. The minimum atomic E-state index is -1.38. The molecule has 23 heavy (non-hydrogen) atoms. The number of carbonyl (C=O) groups is 2. The van der Waals surface area contributed by atoms with Gasteiger partial charge in [0.15, 0.2) is 0 Å². The van der Waals surface area contributed by atoms with E-state index in [0.717, 1.165) is 18.2 Å². The Labute approximate surface area is 130 Å². The molecule has 0 saturated heterocycles. The quantitative estimate of drug-likeness (QED) is 0.866. The van der Waals surface area contributed by atoms with Crippen molar-refractivity contribution >= 4 is 11.9 Å². The molecule has 1 aromatic carbocycles. The molecule has 0 aliphatic carbocycles. The lowest BCUT2D eigenvalue weighted by Gasteiger charge is -2.16. The Balaban J connectivity index is 2.34. The molecule has 1 aromatic heterocycles. The van der Waals surface area contributed by atoms with Crippen molar-refractivity contribution in [1.82, 2.24) is 0 Å². The number of rotatable bonds is 4. The molecule has 120 valence electrons. The molecule has 1 amide bonds. The van der Waals surface area contributed by atoms with Crippen LogP contribution < -0.4 is 11.4 Å². The van der Waals surface area contributed by atoms with Gasteiger partial charge in [0.05, 0.1) is 0 Å². The van der Waals surface area contributed by atoms with Crippen LogP contribution in [0.3, 0.4) is 0 Å². The smallest absolute Gasteiger partial charge is 0.342 e. The Morgan fingerprint density at radius 2 is 1.83 bits per heavy atom. The Bertz CT molecular complexity index is 784. The van der Waals surface area contributed by atoms with E-state index in [1.54, 1.807) is 0 Å². The number of amides is 1. The summed E-state index contributed by atoms with van der Waals surface area (Å²) in [5.74, 6) is -2.20. The third-order valence-electron chi connectivity index (χ3n) is 3.19. The Morgan fingerprint density at radius 3 is 2.35 bits per heavy atom. The summed E-state index contributed by atoms with van der Waals surface area (Å²) in [5.41, 5.74) is 5.28. The van der Waals surface area contributed by atoms with Crippen LogP contribution in [0.25, 0.3) is 0 Å². The van der Waals surface area contributed by atoms with Crippen molar-refractivity contribution in [3.8, 4) is 0 Å². The van der Waals surface area contributed by atoms with E-state index in [4.69, 9.17) is 14.9 Å². The number of aryl methyl sites for hydroxylation is 2. The fourth-order valence-corrected chi connectivity index (χ4v) is 2.16. The fourth-order valence-electron chi connectivity index (χ4n) is 2.16. The highest BCUT2D eigenvalue weighted by molar-refractivity contribution is 5.94. The summed E-state index contributed by atoms with van der Waals surface area (Å²) < 4.78 is 22.9. The topological polar surface area (TPSA) is 99.6 Å². The van der Waals surface area contributed by atoms with E-state index in [1.807, 2.05) is 0 Å². The number of hydrogen-bond donors (Lipinski definition) is 1. The third kappa shape index (κ3) is 3.63. The number of esters is 1. The number of carbonyl (C=O) groups excluding carboxylic acids is 2. The van der Waals surface area contributed by atoms with Crippen LogP contribution in [-0.4, -0.2) is 11.9 Å². The van der Waals surface area contributed by atoms with Crippen LogP contribution in [0.4, 0.5) is 4.39 Å². The maximum Gasteiger partial charge on any atom is 0.342 e. The molecule has 0 aliphatic rings. The fraction of sp³-hybridized carbons (Fsp3) is 0.188. The van der Waals surface area contributed by atoms with Crippen molar-refractivity contribution in [3.63, 3.8) is 0 Å². The van der Waals surface area contributed by atoms with Crippen molar-refractivity contribution < 1.29 is 23.1 Å². The summed E-state index contributed by atoms with van der Waals surface area (Å²) >= 11 is 0. The molecule has 0 saturated carbocycles. The van der Waals surface area contributed by atoms with E-state index in [2.05, 4.69) is 0 Å². The molecular formula is C16H14FNO5. The molecule has 1 atom stereocenters. The molecule has 7 heteroatoms.